The number of fused-ring (bicyclic) bond motifs is 2. The molecule has 0 bridgehead atoms. The molecule has 1 aliphatic carbocycles. The van der Waals surface area contributed by atoms with E-state index in [0.717, 1.165) is 28.5 Å². The molecule has 0 atom stereocenters. The van der Waals surface area contributed by atoms with Crippen molar-refractivity contribution in [2.24, 2.45) is 0 Å². The van der Waals surface area contributed by atoms with Crippen molar-refractivity contribution < 1.29 is 10.7 Å². The molecular weight excluding hydrogens is 326 g/mol. The first-order valence-corrected chi connectivity index (χ1v) is 9.42. The smallest absolute Gasteiger partial charge is 0.238 e. The van der Waals surface area contributed by atoms with Gasteiger partial charge < -0.3 is 0 Å². The lowest BCUT2D eigenvalue weighted by Gasteiger charge is -2.12. The van der Waals surface area contributed by atoms with E-state index in [0.29, 0.717) is 10.6 Å². The molecule has 0 radical (unpaired) electrons. The summed E-state index contributed by atoms with van der Waals surface area (Å²) in [6.45, 7) is 0. The van der Waals surface area contributed by atoms with Crippen LogP contribution in [0, 0.1) is 11.3 Å². The number of rotatable bonds is 2. The highest BCUT2D eigenvalue weighted by Gasteiger charge is 2.26. The third-order valence-electron chi connectivity index (χ3n) is 4.39. The molecule has 3 aromatic heterocycles. The molecule has 0 saturated heterocycles. The molecule has 4 rings (SSSR count). The largest absolute Gasteiger partial charge is 0.241 e. The minimum absolute atomic E-state index is 0.551. The second kappa shape index (κ2) is 6.02. The summed E-state index contributed by atoms with van der Waals surface area (Å²) in [5, 5.41) is 22.7. The van der Waals surface area contributed by atoms with Gasteiger partial charge in [-0.1, -0.05) is 23.8 Å². The second-order valence-electron chi connectivity index (χ2n) is 5.71. The van der Waals surface area contributed by atoms with Gasteiger partial charge in [-0.2, -0.15) is 10.7 Å². The average molecular weight is 342 g/mol. The fraction of sp³-hybridized carbons (Fsp3) is 0.294. The fourth-order valence-electron chi connectivity index (χ4n) is 3.37. The quantitative estimate of drug-likeness (QED) is 0.550. The molecule has 23 heavy (non-hydrogen) atoms. The van der Waals surface area contributed by atoms with E-state index in [1.165, 1.54) is 52.3 Å². The third-order valence-corrected chi connectivity index (χ3v) is 6.30. The number of nitrogens with zero attached hydrogens (tertiary/aromatic N) is 2. The Morgan fingerprint density at radius 1 is 1.26 bits per heavy atom. The summed E-state index contributed by atoms with van der Waals surface area (Å²) in [6.07, 6.45) is 5.59. The van der Waals surface area contributed by atoms with Crippen molar-refractivity contribution in [3.63, 3.8) is 0 Å². The topological polar surface area (TPSA) is 73.5 Å². The predicted octanol–water partition coefficient (Wildman–Crippen LogP) is 3.75. The number of thiophene rings is 2. The maximum absolute atomic E-state index is 9.62. The summed E-state index contributed by atoms with van der Waals surface area (Å²) in [7, 11) is 0. The lowest BCUT2D eigenvalue weighted by atomic mass is 9.96. The van der Waals surface area contributed by atoms with Crippen LogP contribution in [-0.2, 0) is 12.8 Å². The zero-order valence-corrected chi connectivity index (χ0v) is 14.1. The Balaban J connectivity index is 2.14. The molecular formula is C17H16N3OS2+. The van der Waals surface area contributed by atoms with Gasteiger partial charge in [0.1, 0.15) is 16.5 Å². The number of hydrogen-bond acceptors (Lipinski definition) is 5. The number of quaternary nitrogens is 1. The summed E-state index contributed by atoms with van der Waals surface area (Å²) in [4.78, 5) is 6.92. The van der Waals surface area contributed by atoms with Gasteiger partial charge in [0, 0.05) is 21.5 Å². The Labute approximate surface area is 142 Å². The van der Waals surface area contributed by atoms with Gasteiger partial charge in [0.25, 0.3) is 0 Å². The number of aromatic nitrogens is 1. The average Bonchev–Trinajstić information content (AvgIpc) is 3.15. The summed E-state index contributed by atoms with van der Waals surface area (Å²) in [5.74, 6) is 0. The molecule has 0 aromatic carbocycles. The molecule has 6 heteroatoms. The van der Waals surface area contributed by atoms with E-state index in [4.69, 9.17) is 4.98 Å². The monoisotopic (exact) mass is 342 g/mol. The zero-order chi connectivity index (χ0) is 15.8. The summed E-state index contributed by atoms with van der Waals surface area (Å²) in [5.41, 5.74) is 5.23. The van der Waals surface area contributed by atoms with Crippen molar-refractivity contribution in [2.45, 2.75) is 32.1 Å². The van der Waals surface area contributed by atoms with Crippen molar-refractivity contribution in [1.82, 2.24) is 4.98 Å². The van der Waals surface area contributed by atoms with Crippen LogP contribution in [-0.4, -0.2) is 10.2 Å². The first-order valence-electron chi connectivity index (χ1n) is 7.73. The van der Waals surface area contributed by atoms with Crippen LogP contribution in [0.5, 0.6) is 0 Å². The molecule has 3 heterocycles. The Bertz CT molecular complexity index is 906. The Morgan fingerprint density at radius 2 is 2.13 bits per heavy atom. The maximum Gasteiger partial charge on any atom is 0.238 e. The van der Waals surface area contributed by atoms with Crippen molar-refractivity contribution in [2.75, 3.05) is 0 Å². The number of aryl methyl sites for hydroxylation is 1. The molecule has 3 N–H and O–H groups in total. The SMILES string of the molecule is N#Cc1c([NH2+]O)sc2nc3c(c(-c4cccs4)c12)CCCCC3. The number of hydrogen-bond donors (Lipinski definition) is 2. The number of nitriles is 1. The Morgan fingerprint density at radius 3 is 2.87 bits per heavy atom. The molecule has 1 aliphatic rings. The molecule has 4 nitrogen and oxygen atoms in total. The van der Waals surface area contributed by atoms with E-state index in [9.17, 15) is 10.5 Å². The normalized spacial score (nSPS) is 14.4. The fourth-order valence-corrected chi connectivity index (χ4v) is 5.15. The van der Waals surface area contributed by atoms with E-state index in [2.05, 4.69) is 17.5 Å². The van der Waals surface area contributed by atoms with Crippen LogP contribution in [0.1, 0.15) is 36.1 Å². The molecule has 0 spiro atoms. The molecule has 0 fully saturated rings. The van der Waals surface area contributed by atoms with Crippen LogP contribution < -0.4 is 5.48 Å². The summed E-state index contributed by atoms with van der Waals surface area (Å²) in [6, 6.07) is 6.44. The van der Waals surface area contributed by atoms with Crippen LogP contribution >= 0.6 is 22.7 Å². The number of nitrogens with two attached hydrogens (primary N) is 1. The van der Waals surface area contributed by atoms with Crippen LogP contribution in [0.15, 0.2) is 17.5 Å². The highest BCUT2D eigenvalue weighted by molar-refractivity contribution is 7.22. The number of pyridine rings is 1. The first kappa shape index (κ1) is 14.8. The van der Waals surface area contributed by atoms with Gasteiger partial charge in [0.2, 0.25) is 5.00 Å². The summed E-state index contributed by atoms with van der Waals surface area (Å²) < 4.78 is 0. The molecule has 0 aliphatic heterocycles. The van der Waals surface area contributed by atoms with E-state index in [-0.39, 0.29) is 0 Å². The van der Waals surface area contributed by atoms with Gasteiger partial charge in [-0.05, 0) is 42.7 Å². The van der Waals surface area contributed by atoms with E-state index >= 15 is 0 Å². The minimum Gasteiger partial charge on any atom is -0.241 e. The van der Waals surface area contributed by atoms with E-state index in [1.54, 1.807) is 11.3 Å². The van der Waals surface area contributed by atoms with Gasteiger partial charge in [0.05, 0.1) is 0 Å². The van der Waals surface area contributed by atoms with Crippen molar-refractivity contribution in [1.29, 1.82) is 5.26 Å². The van der Waals surface area contributed by atoms with Gasteiger partial charge in [-0.15, -0.1) is 11.3 Å². The highest BCUT2D eigenvalue weighted by atomic mass is 32.1. The van der Waals surface area contributed by atoms with Gasteiger partial charge in [0.15, 0.2) is 0 Å². The van der Waals surface area contributed by atoms with E-state index < -0.39 is 0 Å². The van der Waals surface area contributed by atoms with Crippen LogP contribution in [0.3, 0.4) is 0 Å². The van der Waals surface area contributed by atoms with Crippen LogP contribution in [0.4, 0.5) is 5.00 Å². The molecule has 0 amide bonds. The van der Waals surface area contributed by atoms with Gasteiger partial charge >= 0.3 is 0 Å². The Hall–Kier alpha value is -1.78. The lowest BCUT2D eigenvalue weighted by molar-refractivity contribution is -0.823. The van der Waals surface area contributed by atoms with Gasteiger partial charge in [-0.3, -0.25) is 0 Å². The van der Waals surface area contributed by atoms with Crippen molar-refractivity contribution in [3.8, 4) is 16.5 Å². The van der Waals surface area contributed by atoms with Crippen molar-refractivity contribution >= 4 is 37.9 Å². The minimum atomic E-state index is 0.551. The lowest BCUT2D eigenvalue weighted by Crippen LogP contribution is -2.73. The van der Waals surface area contributed by atoms with Crippen LogP contribution in [0.25, 0.3) is 20.7 Å². The third kappa shape index (κ3) is 2.37. The Kier molecular flexibility index (Phi) is 3.87. The standard InChI is InChI=1S/C17H15N3OS2/c18-9-11-15-14(13-7-4-8-22-13)10-5-2-1-3-6-12(10)19-17(15)23-16(11)20-21/h4,7-8,20-21H,1-3,5-6H2/p+1. The molecule has 0 saturated carbocycles. The van der Waals surface area contributed by atoms with Crippen molar-refractivity contribution in [3.05, 3.63) is 34.3 Å². The predicted molar refractivity (Wildman–Crippen MR) is 92.3 cm³/mol. The van der Waals surface area contributed by atoms with Crippen LogP contribution in [0.2, 0.25) is 0 Å². The van der Waals surface area contributed by atoms with Gasteiger partial charge in [-0.25, -0.2) is 10.2 Å². The molecule has 116 valence electrons. The zero-order valence-electron chi connectivity index (χ0n) is 12.5. The molecule has 0 unspecified atom stereocenters. The summed E-state index contributed by atoms with van der Waals surface area (Å²) >= 11 is 3.11. The first-order chi connectivity index (χ1) is 11.3. The second-order valence-corrected chi connectivity index (χ2v) is 7.69. The highest BCUT2D eigenvalue weighted by Crippen LogP contribution is 2.43. The molecule has 3 aromatic rings. The maximum atomic E-state index is 9.62. The van der Waals surface area contributed by atoms with E-state index in [1.807, 2.05) is 6.07 Å².